The topological polar surface area (TPSA) is 95.9 Å². The van der Waals surface area contributed by atoms with Crippen molar-refractivity contribution < 1.29 is 24.5 Å². The summed E-state index contributed by atoms with van der Waals surface area (Å²) in [5.74, 6) is -0.0705. The molecule has 0 aromatic carbocycles. The molecule has 6 heteroatoms. The van der Waals surface area contributed by atoms with Gasteiger partial charge in [-0.15, -0.1) is 0 Å². The van der Waals surface area contributed by atoms with Crippen LogP contribution < -0.4 is 5.32 Å². The maximum Gasteiger partial charge on any atom is 0.305 e. The van der Waals surface area contributed by atoms with Gasteiger partial charge in [-0.05, 0) is 51.4 Å². The lowest BCUT2D eigenvalue weighted by Gasteiger charge is -2.22. The number of aliphatic hydroxyl groups excluding tert-OH is 2. The molecular weight excluding hydrogens is 779 g/mol. The van der Waals surface area contributed by atoms with Crippen LogP contribution in [0.15, 0.2) is 12.2 Å². The molecule has 0 saturated carbocycles. The zero-order valence-corrected chi connectivity index (χ0v) is 42.6. The summed E-state index contributed by atoms with van der Waals surface area (Å²) in [5.41, 5.74) is 0. The van der Waals surface area contributed by atoms with E-state index in [1.807, 2.05) is 0 Å². The van der Waals surface area contributed by atoms with Crippen LogP contribution in [0.1, 0.15) is 316 Å². The Labute approximate surface area is 393 Å². The van der Waals surface area contributed by atoms with Crippen LogP contribution in [0, 0.1) is 0 Å². The fourth-order valence-corrected chi connectivity index (χ4v) is 8.93. The number of unbranched alkanes of at least 4 members (excludes halogenated alkanes) is 40. The zero-order chi connectivity index (χ0) is 45.8. The van der Waals surface area contributed by atoms with Gasteiger partial charge in [0.15, 0.2) is 0 Å². The number of hydrogen-bond donors (Lipinski definition) is 3. The van der Waals surface area contributed by atoms with Crippen LogP contribution in [0.4, 0.5) is 0 Å². The molecule has 0 spiro atoms. The fourth-order valence-electron chi connectivity index (χ4n) is 8.93. The molecular formula is C57H111NO5. The maximum atomic E-state index is 12.4. The van der Waals surface area contributed by atoms with Gasteiger partial charge in [0, 0.05) is 12.8 Å². The summed E-state index contributed by atoms with van der Waals surface area (Å²) in [6, 6.07) is -0.560. The van der Waals surface area contributed by atoms with Gasteiger partial charge in [-0.2, -0.15) is 0 Å². The summed E-state index contributed by atoms with van der Waals surface area (Å²) >= 11 is 0. The molecule has 0 heterocycles. The first kappa shape index (κ1) is 61.6. The van der Waals surface area contributed by atoms with E-state index >= 15 is 0 Å². The Morgan fingerprint density at radius 3 is 1.14 bits per heavy atom. The van der Waals surface area contributed by atoms with Gasteiger partial charge in [-0.3, -0.25) is 9.59 Å². The minimum absolute atomic E-state index is 0.00733. The smallest absolute Gasteiger partial charge is 0.305 e. The fraction of sp³-hybridized carbons (Fsp3) is 0.930. The predicted molar refractivity (Wildman–Crippen MR) is 273 cm³/mol. The Balaban J connectivity index is 3.45. The quantitative estimate of drug-likeness (QED) is 0.0321. The van der Waals surface area contributed by atoms with E-state index in [2.05, 4.69) is 31.3 Å². The number of carbonyl (C=O) groups excluding carboxylic acids is 2. The summed E-state index contributed by atoms with van der Waals surface area (Å²) < 4.78 is 5.48. The molecule has 0 fully saturated rings. The molecule has 0 radical (unpaired) electrons. The number of hydrogen-bond acceptors (Lipinski definition) is 5. The molecule has 0 bridgehead atoms. The summed E-state index contributed by atoms with van der Waals surface area (Å²) in [4.78, 5) is 24.5. The number of nitrogens with one attached hydrogen (secondary N) is 1. The third-order valence-corrected chi connectivity index (χ3v) is 13.3. The van der Waals surface area contributed by atoms with Crippen LogP contribution >= 0.6 is 0 Å². The third kappa shape index (κ3) is 49.9. The van der Waals surface area contributed by atoms with Gasteiger partial charge in [-0.25, -0.2) is 0 Å². The van der Waals surface area contributed by atoms with Crippen LogP contribution in [-0.2, 0) is 14.3 Å². The van der Waals surface area contributed by atoms with E-state index in [1.165, 1.54) is 212 Å². The number of esters is 1. The van der Waals surface area contributed by atoms with Crippen LogP contribution in [0.3, 0.4) is 0 Å². The van der Waals surface area contributed by atoms with Crippen molar-refractivity contribution >= 4 is 11.9 Å². The first-order valence-corrected chi connectivity index (χ1v) is 28.4. The van der Waals surface area contributed by atoms with Gasteiger partial charge in [0.1, 0.15) is 0 Å². The molecule has 63 heavy (non-hydrogen) atoms. The lowest BCUT2D eigenvalue weighted by Crippen LogP contribution is -2.45. The van der Waals surface area contributed by atoms with E-state index in [1.54, 1.807) is 0 Å². The predicted octanol–water partition coefficient (Wildman–Crippen LogP) is 17.3. The van der Waals surface area contributed by atoms with E-state index in [-0.39, 0.29) is 18.5 Å². The number of rotatable bonds is 53. The van der Waals surface area contributed by atoms with Crippen LogP contribution in [0.25, 0.3) is 0 Å². The van der Waals surface area contributed by atoms with Crippen molar-refractivity contribution in [1.82, 2.24) is 5.32 Å². The second-order valence-electron chi connectivity index (χ2n) is 19.6. The highest BCUT2D eigenvalue weighted by molar-refractivity contribution is 5.76. The average molecular weight is 891 g/mol. The molecule has 1 amide bonds. The van der Waals surface area contributed by atoms with Crippen LogP contribution in [-0.4, -0.2) is 47.4 Å². The van der Waals surface area contributed by atoms with Crippen molar-refractivity contribution in [3.05, 3.63) is 12.2 Å². The van der Waals surface area contributed by atoms with Gasteiger partial charge in [-0.1, -0.05) is 264 Å². The standard InChI is InChI=1S/C57H111NO5/c1-3-5-7-9-11-13-15-17-19-20-21-22-23-27-31-35-39-43-47-51-57(62)63-52-48-44-40-36-32-28-24-26-30-34-38-42-46-50-56(61)58-54(53-59)55(60)49-45-41-37-33-29-25-18-16-14-12-10-8-6-4-2/h26,30,54-55,59-60H,3-25,27-29,31-53H2,1-2H3,(H,58,61)/b30-26-. The monoisotopic (exact) mass is 890 g/mol. The molecule has 0 aliphatic carbocycles. The Kier molecular flexibility index (Phi) is 52.0. The highest BCUT2D eigenvalue weighted by Crippen LogP contribution is 2.17. The van der Waals surface area contributed by atoms with Crippen molar-refractivity contribution in [2.75, 3.05) is 13.2 Å². The van der Waals surface area contributed by atoms with E-state index in [9.17, 15) is 19.8 Å². The van der Waals surface area contributed by atoms with Crippen molar-refractivity contribution in [3.63, 3.8) is 0 Å². The Morgan fingerprint density at radius 2 is 0.746 bits per heavy atom. The summed E-state index contributed by atoms with van der Waals surface area (Å²) in [5, 5.41) is 23.2. The normalized spacial score (nSPS) is 12.6. The van der Waals surface area contributed by atoms with Crippen LogP contribution in [0.5, 0.6) is 0 Å². The van der Waals surface area contributed by atoms with E-state index in [4.69, 9.17) is 4.74 Å². The van der Waals surface area contributed by atoms with Gasteiger partial charge in [0.25, 0.3) is 0 Å². The second kappa shape index (κ2) is 53.2. The number of aliphatic hydroxyl groups is 2. The van der Waals surface area contributed by atoms with Crippen molar-refractivity contribution in [2.45, 2.75) is 328 Å². The molecule has 2 atom stereocenters. The van der Waals surface area contributed by atoms with E-state index in [0.717, 1.165) is 70.6 Å². The first-order chi connectivity index (χ1) is 31.0. The van der Waals surface area contributed by atoms with Crippen molar-refractivity contribution in [1.29, 1.82) is 0 Å². The second-order valence-corrected chi connectivity index (χ2v) is 19.6. The van der Waals surface area contributed by atoms with Crippen LogP contribution in [0.2, 0.25) is 0 Å². The molecule has 2 unspecified atom stereocenters. The SMILES string of the molecule is CCCCCCCCCCCCCCCCCCCCCC(=O)OCCCCCCCC/C=C\CCCCCC(=O)NC(CO)C(O)CCCCCCCCCCCCCCCC. The molecule has 0 rings (SSSR count). The highest BCUT2D eigenvalue weighted by atomic mass is 16.5. The minimum Gasteiger partial charge on any atom is -0.466 e. The minimum atomic E-state index is -0.680. The molecule has 6 nitrogen and oxygen atoms in total. The number of allylic oxidation sites excluding steroid dienone is 2. The summed E-state index contributed by atoms with van der Waals surface area (Å²) in [6.07, 6.45) is 62.0. The first-order valence-electron chi connectivity index (χ1n) is 28.4. The third-order valence-electron chi connectivity index (χ3n) is 13.3. The Bertz CT molecular complexity index is 939. The molecule has 0 aromatic heterocycles. The number of ether oxygens (including phenoxy) is 1. The molecule has 0 aliphatic rings. The van der Waals surface area contributed by atoms with Crippen molar-refractivity contribution in [2.24, 2.45) is 0 Å². The number of carbonyl (C=O) groups is 2. The lowest BCUT2D eigenvalue weighted by molar-refractivity contribution is -0.143. The molecule has 0 aromatic rings. The largest absolute Gasteiger partial charge is 0.466 e. The Morgan fingerprint density at radius 1 is 0.429 bits per heavy atom. The van der Waals surface area contributed by atoms with Gasteiger partial charge in [0.05, 0.1) is 25.4 Å². The highest BCUT2D eigenvalue weighted by Gasteiger charge is 2.20. The number of amides is 1. The molecule has 0 aliphatic heterocycles. The maximum absolute atomic E-state index is 12.4. The van der Waals surface area contributed by atoms with Gasteiger partial charge < -0.3 is 20.3 Å². The molecule has 374 valence electrons. The van der Waals surface area contributed by atoms with Gasteiger partial charge >= 0.3 is 5.97 Å². The van der Waals surface area contributed by atoms with E-state index in [0.29, 0.717) is 25.9 Å². The van der Waals surface area contributed by atoms with E-state index < -0.39 is 12.1 Å². The summed E-state index contributed by atoms with van der Waals surface area (Å²) in [6.45, 7) is 4.93. The molecule has 0 saturated heterocycles. The average Bonchev–Trinajstić information content (AvgIpc) is 3.28. The zero-order valence-electron chi connectivity index (χ0n) is 42.6. The van der Waals surface area contributed by atoms with Crippen molar-refractivity contribution in [3.8, 4) is 0 Å². The summed E-state index contributed by atoms with van der Waals surface area (Å²) in [7, 11) is 0. The van der Waals surface area contributed by atoms with Gasteiger partial charge in [0.2, 0.25) is 5.91 Å². The Hall–Kier alpha value is -1.40. The molecule has 3 N–H and O–H groups in total. The lowest BCUT2D eigenvalue weighted by atomic mass is 10.0.